The molecule has 0 spiro atoms. The fourth-order valence-electron chi connectivity index (χ4n) is 1.63. The zero-order chi connectivity index (χ0) is 15.5. The largest absolute Gasteiger partial charge is 0.488 e. The second kappa shape index (κ2) is 10.5. The first-order chi connectivity index (χ1) is 10.2. The monoisotopic (exact) mass is 357 g/mol. The number of guanidine groups is 1. The molecule has 0 amide bonds. The van der Waals surface area contributed by atoms with Crippen LogP contribution >= 0.6 is 15.9 Å². The number of aliphatic imine (C=N–C) groups is 1. The van der Waals surface area contributed by atoms with Crippen molar-refractivity contribution in [2.45, 2.75) is 20.0 Å². The maximum atomic E-state index is 5.87. The molecule has 0 bridgehead atoms. The van der Waals surface area contributed by atoms with Crippen molar-refractivity contribution in [3.63, 3.8) is 0 Å². The molecule has 0 radical (unpaired) electrons. The van der Waals surface area contributed by atoms with Gasteiger partial charge in [-0.15, -0.1) is 0 Å². The molecule has 0 aliphatic rings. The van der Waals surface area contributed by atoms with E-state index in [-0.39, 0.29) is 6.10 Å². The second-order valence-corrected chi connectivity index (χ2v) is 5.35. The molecule has 0 aliphatic carbocycles. The predicted octanol–water partition coefficient (Wildman–Crippen LogP) is 2.42. The molecular weight excluding hydrogens is 334 g/mol. The minimum absolute atomic E-state index is 0.0124. The van der Waals surface area contributed by atoms with Crippen molar-refractivity contribution in [3.8, 4) is 5.75 Å². The standard InChI is InChI=1S/C15H24BrN3O2/c1-4-17-15(18-9-10-20-3)19-11-12(2)21-14-8-6-5-7-13(14)16/h5-8,12H,4,9-11H2,1-3H3,(H2,17,18,19). The van der Waals surface area contributed by atoms with E-state index in [1.807, 2.05) is 38.1 Å². The first-order valence-corrected chi connectivity index (χ1v) is 7.89. The van der Waals surface area contributed by atoms with Crippen LogP contribution in [0.3, 0.4) is 0 Å². The molecule has 1 aromatic rings. The maximum absolute atomic E-state index is 5.87. The highest BCUT2D eigenvalue weighted by Crippen LogP contribution is 2.24. The topological polar surface area (TPSA) is 54.9 Å². The number of hydrogen-bond donors (Lipinski definition) is 2. The van der Waals surface area contributed by atoms with Gasteiger partial charge in [-0.2, -0.15) is 0 Å². The van der Waals surface area contributed by atoms with Crippen molar-refractivity contribution in [2.24, 2.45) is 4.99 Å². The zero-order valence-corrected chi connectivity index (χ0v) is 14.4. The summed E-state index contributed by atoms with van der Waals surface area (Å²) in [5.74, 6) is 1.61. The SMILES string of the molecule is CCNC(=NCC(C)Oc1ccccc1Br)NCCOC. The first-order valence-electron chi connectivity index (χ1n) is 7.09. The summed E-state index contributed by atoms with van der Waals surface area (Å²) in [5.41, 5.74) is 0. The summed E-state index contributed by atoms with van der Waals surface area (Å²) in [6.45, 7) is 6.80. The van der Waals surface area contributed by atoms with Crippen LogP contribution in [-0.4, -0.2) is 45.4 Å². The quantitative estimate of drug-likeness (QED) is 0.426. The Bertz CT molecular complexity index is 441. The summed E-state index contributed by atoms with van der Waals surface area (Å²) in [5, 5.41) is 6.39. The third-order valence-corrected chi connectivity index (χ3v) is 3.27. The van der Waals surface area contributed by atoms with Crippen molar-refractivity contribution in [1.82, 2.24) is 10.6 Å². The Morgan fingerprint density at radius 3 is 2.76 bits per heavy atom. The van der Waals surface area contributed by atoms with E-state index < -0.39 is 0 Å². The lowest BCUT2D eigenvalue weighted by atomic mass is 10.3. The van der Waals surface area contributed by atoms with Gasteiger partial charge in [0.15, 0.2) is 5.96 Å². The highest BCUT2D eigenvalue weighted by molar-refractivity contribution is 9.10. The van der Waals surface area contributed by atoms with E-state index >= 15 is 0 Å². The van der Waals surface area contributed by atoms with Crippen LogP contribution in [0.2, 0.25) is 0 Å². The Labute approximate surface area is 135 Å². The van der Waals surface area contributed by atoms with Gasteiger partial charge in [0.05, 0.1) is 17.6 Å². The molecule has 1 aromatic carbocycles. The van der Waals surface area contributed by atoms with Gasteiger partial charge in [-0.1, -0.05) is 12.1 Å². The Hall–Kier alpha value is -1.27. The fourth-order valence-corrected chi connectivity index (χ4v) is 2.01. The van der Waals surface area contributed by atoms with E-state index in [2.05, 4.69) is 31.6 Å². The van der Waals surface area contributed by atoms with E-state index in [4.69, 9.17) is 9.47 Å². The third-order valence-electron chi connectivity index (χ3n) is 2.61. The smallest absolute Gasteiger partial charge is 0.191 e. The molecule has 2 N–H and O–H groups in total. The predicted molar refractivity (Wildman–Crippen MR) is 90.1 cm³/mol. The van der Waals surface area contributed by atoms with Gasteiger partial charge < -0.3 is 20.1 Å². The van der Waals surface area contributed by atoms with Gasteiger partial charge in [0.1, 0.15) is 11.9 Å². The summed E-state index contributed by atoms with van der Waals surface area (Å²) in [6, 6.07) is 7.81. The van der Waals surface area contributed by atoms with Crippen molar-refractivity contribution >= 4 is 21.9 Å². The van der Waals surface area contributed by atoms with Crippen LogP contribution < -0.4 is 15.4 Å². The average Bonchev–Trinajstić information content (AvgIpc) is 2.47. The van der Waals surface area contributed by atoms with Gasteiger partial charge in [0.25, 0.3) is 0 Å². The molecule has 1 unspecified atom stereocenters. The molecule has 6 heteroatoms. The lowest BCUT2D eigenvalue weighted by Gasteiger charge is -2.15. The molecule has 1 atom stereocenters. The van der Waals surface area contributed by atoms with Gasteiger partial charge in [0, 0.05) is 20.2 Å². The number of hydrogen-bond acceptors (Lipinski definition) is 3. The summed E-state index contributed by atoms with van der Waals surface area (Å²) in [7, 11) is 1.68. The van der Waals surface area contributed by atoms with Crippen molar-refractivity contribution in [2.75, 3.05) is 33.4 Å². The van der Waals surface area contributed by atoms with E-state index in [9.17, 15) is 0 Å². The number of para-hydroxylation sites is 1. The van der Waals surface area contributed by atoms with Crippen molar-refractivity contribution in [3.05, 3.63) is 28.7 Å². The summed E-state index contributed by atoms with van der Waals surface area (Å²) < 4.78 is 11.8. The van der Waals surface area contributed by atoms with Crippen LogP contribution in [-0.2, 0) is 4.74 Å². The Morgan fingerprint density at radius 2 is 2.10 bits per heavy atom. The van der Waals surface area contributed by atoms with E-state index in [0.717, 1.165) is 29.3 Å². The molecule has 0 heterocycles. The molecule has 0 aliphatic heterocycles. The normalized spacial score (nSPS) is 12.9. The molecule has 0 saturated heterocycles. The van der Waals surface area contributed by atoms with Crippen LogP contribution in [0.25, 0.3) is 0 Å². The van der Waals surface area contributed by atoms with Gasteiger partial charge in [-0.3, -0.25) is 0 Å². The Morgan fingerprint density at radius 1 is 1.33 bits per heavy atom. The number of nitrogens with one attached hydrogen (secondary N) is 2. The highest BCUT2D eigenvalue weighted by Gasteiger charge is 2.06. The molecule has 1 rings (SSSR count). The summed E-state index contributed by atoms with van der Waals surface area (Å²) in [6.07, 6.45) is -0.0124. The number of methoxy groups -OCH3 is 1. The number of ether oxygens (including phenoxy) is 2. The van der Waals surface area contributed by atoms with Crippen molar-refractivity contribution < 1.29 is 9.47 Å². The van der Waals surface area contributed by atoms with Gasteiger partial charge >= 0.3 is 0 Å². The lowest BCUT2D eigenvalue weighted by molar-refractivity contribution is 0.203. The van der Waals surface area contributed by atoms with E-state index in [1.54, 1.807) is 7.11 Å². The van der Waals surface area contributed by atoms with Crippen molar-refractivity contribution in [1.29, 1.82) is 0 Å². The minimum Gasteiger partial charge on any atom is -0.488 e. The second-order valence-electron chi connectivity index (χ2n) is 4.50. The summed E-state index contributed by atoms with van der Waals surface area (Å²) >= 11 is 3.47. The summed E-state index contributed by atoms with van der Waals surface area (Å²) in [4.78, 5) is 4.51. The van der Waals surface area contributed by atoms with Crippen LogP contribution in [0, 0.1) is 0 Å². The Kier molecular flexibility index (Phi) is 8.85. The van der Waals surface area contributed by atoms with Gasteiger partial charge in [-0.05, 0) is 41.9 Å². The molecule has 0 aromatic heterocycles. The molecule has 5 nitrogen and oxygen atoms in total. The molecule has 118 valence electrons. The molecular formula is C15H24BrN3O2. The minimum atomic E-state index is -0.0124. The third kappa shape index (κ3) is 7.34. The van der Waals surface area contributed by atoms with Gasteiger partial charge in [-0.25, -0.2) is 4.99 Å². The zero-order valence-electron chi connectivity index (χ0n) is 12.9. The van der Waals surface area contributed by atoms with Crippen LogP contribution in [0.5, 0.6) is 5.75 Å². The molecule has 0 saturated carbocycles. The van der Waals surface area contributed by atoms with E-state index in [0.29, 0.717) is 13.2 Å². The number of rotatable bonds is 8. The van der Waals surface area contributed by atoms with Crippen LogP contribution in [0.15, 0.2) is 33.7 Å². The van der Waals surface area contributed by atoms with Crippen LogP contribution in [0.4, 0.5) is 0 Å². The lowest BCUT2D eigenvalue weighted by Crippen LogP contribution is -2.39. The number of halogens is 1. The average molecular weight is 358 g/mol. The van der Waals surface area contributed by atoms with Gasteiger partial charge in [0.2, 0.25) is 0 Å². The Balaban J connectivity index is 2.48. The molecule has 0 fully saturated rings. The fraction of sp³-hybridized carbons (Fsp3) is 0.533. The number of nitrogens with zero attached hydrogens (tertiary/aromatic N) is 1. The highest BCUT2D eigenvalue weighted by atomic mass is 79.9. The van der Waals surface area contributed by atoms with E-state index in [1.165, 1.54) is 0 Å². The maximum Gasteiger partial charge on any atom is 0.191 e. The molecule has 21 heavy (non-hydrogen) atoms. The number of benzene rings is 1. The first kappa shape index (κ1) is 17.8. The van der Waals surface area contributed by atoms with Crippen LogP contribution in [0.1, 0.15) is 13.8 Å².